The molecule has 1 aromatic rings. The van der Waals surface area contributed by atoms with Gasteiger partial charge in [0.2, 0.25) is 10.0 Å². The zero-order valence-electron chi connectivity index (χ0n) is 15.6. The van der Waals surface area contributed by atoms with Gasteiger partial charge < -0.3 is 11.1 Å². The monoisotopic (exact) mass is 482 g/mol. The number of hydrogen-bond donors (Lipinski definition) is 2. The number of hydrogen-bond acceptors (Lipinski definition) is 3. The van der Waals surface area contributed by atoms with Crippen molar-refractivity contribution in [1.82, 2.24) is 4.31 Å². The van der Waals surface area contributed by atoms with Crippen LogP contribution in [0.2, 0.25) is 0 Å². The first-order chi connectivity index (χ1) is 11.3. The van der Waals surface area contributed by atoms with E-state index in [1.807, 2.05) is 6.92 Å². The van der Waals surface area contributed by atoms with Crippen LogP contribution in [0.3, 0.4) is 0 Å². The van der Waals surface area contributed by atoms with Crippen LogP contribution in [-0.4, -0.2) is 44.6 Å². The summed E-state index contributed by atoms with van der Waals surface area (Å²) in [6.45, 7) is 7.46. The van der Waals surface area contributed by atoms with E-state index >= 15 is 0 Å². The standard InChI is InChI=1S/C17H30N4O2S.HI/c1-5-14-10-8-11-15(6-2)16(14)20-17(18)19-12-9-13-21(7-3)24(4,22)23;/h8,10-11H,5-7,9,12-13H2,1-4H3,(H3,18,19,20);1H. The Balaban J connectivity index is 0.00000576. The van der Waals surface area contributed by atoms with E-state index < -0.39 is 10.0 Å². The van der Waals surface area contributed by atoms with E-state index in [1.54, 1.807) is 0 Å². The number of benzene rings is 1. The van der Waals surface area contributed by atoms with Gasteiger partial charge in [-0.15, -0.1) is 24.0 Å². The molecule has 0 heterocycles. The summed E-state index contributed by atoms with van der Waals surface area (Å²) < 4.78 is 24.5. The lowest BCUT2D eigenvalue weighted by atomic mass is 10.0. The largest absolute Gasteiger partial charge is 0.370 e. The van der Waals surface area contributed by atoms with Gasteiger partial charge in [0, 0.05) is 25.3 Å². The van der Waals surface area contributed by atoms with E-state index in [4.69, 9.17) is 5.73 Å². The molecule has 0 saturated heterocycles. The molecule has 0 aliphatic heterocycles. The highest BCUT2D eigenvalue weighted by Crippen LogP contribution is 2.22. The summed E-state index contributed by atoms with van der Waals surface area (Å²) >= 11 is 0. The van der Waals surface area contributed by atoms with E-state index in [2.05, 4.69) is 42.4 Å². The summed E-state index contributed by atoms with van der Waals surface area (Å²) in [5.41, 5.74) is 9.45. The van der Waals surface area contributed by atoms with Crippen molar-refractivity contribution in [3.63, 3.8) is 0 Å². The summed E-state index contributed by atoms with van der Waals surface area (Å²) in [4.78, 5) is 4.32. The predicted molar refractivity (Wildman–Crippen MR) is 117 cm³/mol. The molecule has 6 nitrogen and oxygen atoms in total. The number of aliphatic imine (C=N–C) groups is 1. The van der Waals surface area contributed by atoms with Crippen LogP contribution in [0.15, 0.2) is 23.2 Å². The van der Waals surface area contributed by atoms with Gasteiger partial charge in [0.25, 0.3) is 0 Å². The topological polar surface area (TPSA) is 87.8 Å². The number of halogens is 1. The van der Waals surface area contributed by atoms with Crippen molar-refractivity contribution in [1.29, 1.82) is 0 Å². The molecule has 0 atom stereocenters. The lowest BCUT2D eigenvalue weighted by Gasteiger charge is -2.17. The van der Waals surface area contributed by atoms with Crippen molar-refractivity contribution in [2.45, 2.75) is 40.0 Å². The smallest absolute Gasteiger partial charge is 0.211 e. The van der Waals surface area contributed by atoms with Crippen molar-refractivity contribution < 1.29 is 8.42 Å². The van der Waals surface area contributed by atoms with Crippen LogP contribution in [0.25, 0.3) is 0 Å². The van der Waals surface area contributed by atoms with Crippen molar-refractivity contribution in [2.75, 3.05) is 31.2 Å². The molecule has 144 valence electrons. The van der Waals surface area contributed by atoms with Gasteiger partial charge >= 0.3 is 0 Å². The first-order valence-electron chi connectivity index (χ1n) is 8.46. The number of rotatable bonds is 9. The number of aryl methyl sites for hydroxylation is 2. The van der Waals surface area contributed by atoms with Crippen LogP contribution in [0.4, 0.5) is 5.69 Å². The molecule has 0 bridgehead atoms. The molecule has 0 aliphatic rings. The Morgan fingerprint density at radius 2 is 1.76 bits per heavy atom. The minimum absolute atomic E-state index is 0. The average molecular weight is 482 g/mol. The van der Waals surface area contributed by atoms with Crippen molar-refractivity contribution >= 4 is 45.6 Å². The second-order valence-electron chi connectivity index (χ2n) is 5.66. The molecule has 0 saturated carbocycles. The van der Waals surface area contributed by atoms with Gasteiger partial charge in [-0.2, -0.15) is 0 Å². The van der Waals surface area contributed by atoms with Crippen molar-refractivity contribution in [3.8, 4) is 0 Å². The summed E-state index contributed by atoms with van der Waals surface area (Å²) in [7, 11) is -3.14. The predicted octanol–water partition coefficient (Wildman–Crippen LogP) is 2.83. The molecule has 0 fully saturated rings. The highest BCUT2D eigenvalue weighted by atomic mass is 127. The van der Waals surface area contributed by atoms with Gasteiger partial charge in [-0.3, -0.25) is 4.99 Å². The van der Waals surface area contributed by atoms with Crippen LogP contribution in [-0.2, 0) is 22.9 Å². The number of sulfonamides is 1. The van der Waals surface area contributed by atoms with E-state index in [9.17, 15) is 8.42 Å². The summed E-state index contributed by atoms with van der Waals surface area (Å²) in [6.07, 6.45) is 3.70. The molecule has 1 rings (SSSR count). The Morgan fingerprint density at radius 3 is 2.20 bits per heavy atom. The minimum Gasteiger partial charge on any atom is -0.370 e. The lowest BCUT2D eigenvalue weighted by molar-refractivity contribution is 0.427. The Morgan fingerprint density at radius 1 is 1.20 bits per heavy atom. The molecular formula is C17H31IN4O2S. The Kier molecular flexibility index (Phi) is 11.3. The van der Waals surface area contributed by atoms with Crippen LogP contribution in [0.1, 0.15) is 38.3 Å². The van der Waals surface area contributed by atoms with Gasteiger partial charge in [-0.05, 0) is 30.4 Å². The van der Waals surface area contributed by atoms with Gasteiger partial charge in [0.05, 0.1) is 6.26 Å². The number of anilines is 1. The molecule has 0 spiro atoms. The van der Waals surface area contributed by atoms with Crippen LogP contribution in [0, 0.1) is 0 Å². The third-order valence-corrected chi connectivity index (χ3v) is 5.30. The number of nitrogens with zero attached hydrogens (tertiary/aromatic N) is 2. The van der Waals surface area contributed by atoms with E-state index in [0.717, 1.165) is 18.5 Å². The third kappa shape index (κ3) is 7.91. The maximum absolute atomic E-state index is 11.5. The fourth-order valence-corrected chi connectivity index (χ4v) is 3.51. The fourth-order valence-electron chi connectivity index (χ4n) is 2.58. The molecule has 1 aromatic carbocycles. The first kappa shape index (κ1) is 24.1. The third-order valence-electron chi connectivity index (χ3n) is 3.92. The number of nitrogens with one attached hydrogen (secondary N) is 1. The minimum atomic E-state index is -3.14. The van der Waals surface area contributed by atoms with E-state index in [-0.39, 0.29) is 24.0 Å². The average Bonchev–Trinajstić information content (AvgIpc) is 2.53. The zero-order valence-corrected chi connectivity index (χ0v) is 18.7. The number of guanidine groups is 1. The summed E-state index contributed by atoms with van der Waals surface area (Å²) in [5, 5.41) is 3.21. The number of para-hydroxylation sites is 1. The number of nitrogens with two attached hydrogens (primary N) is 1. The Bertz CT molecular complexity index is 640. The molecule has 0 amide bonds. The molecule has 3 N–H and O–H groups in total. The summed E-state index contributed by atoms with van der Waals surface area (Å²) in [5.74, 6) is 0.369. The fraction of sp³-hybridized carbons (Fsp3) is 0.588. The molecule has 25 heavy (non-hydrogen) atoms. The van der Waals surface area contributed by atoms with Crippen LogP contribution < -0.4 is 11.1 Å². The van der Waals surface area contributed by atoms with Gasteiger partial charge in [-0.1, -0.05) is 39.0 Å². The molecule has 0 aliphatic carbocycles. The Labute approximate surface area is 169 Å². The van der Waals surface area contributed by atoms with Crippen LogP contribution in [0.5, 0.6) is 0 Å². The lowest BCUT2D eigenvalue weighted by Crippen LogP contribution is -2.31. The second kappa shape index (κ2) is 11.7. The van der Waals surface area contributed by atoms with E-state index in [1.165, 1.54) is 21.7 Å². The SMILES string of the molecule is CCc1cccc(CC)c1NC(N)=NCCCN(CC)S(C)(=O)=O.I. The van der Waals surface area contributed by atoms with E-state index in [0.29, 0.717) is 32.0 Å². The highest BCUT2D eigenvalue weighted by Gasteiger charge is 2.13. The second-order valence-corrected chi connectivity index (χ2v) is 7.64. The molecular weight excluding hydrogens is 451 g/mol. The highest BCUT2D eigenvalue weighted by molar-refractivity contribution is 14.0. The van der Waals surface area contributed by atoms with Gasteiger partial charge in [-0.25, -0.2) is 12.7 Å². The maximum Gasteiger partial charge on any atom is 0.211 e. The first-order valence-corrected chi connectivity index (χ1v) is 10.3. The summed E-state index contributed by atoms with van der Waals surface area (Å²) in [6, 6.07) is 6.22. The molecule has 8 heteroatoms. The molecule has 0 aromatic heterocycles. The molecule has 0 radical (unpaired) electrons. The van der Waals surface area contributed by atoms with Crippen molar-refractivity contribution in [2.24, 2.45) is 10.7 Å². The maximum atomic E-state index is 11.5. The van der Waals surface area contributed by atoms with Gasteiger partial charge in [0.15, 0.2) is 5.96 Å². The molecule has 0 unspecified atom stereocenters. The van der Waals surface area contributed by atoms with Crippen molar-refractivity contribution in [3.05, 3.63) is 29.3 Å². The quantitative estimate of drug-likeness (QED) is 0.245. The van der Waals surface area contributed by atoms with Crippen LogP contribution >= 0.6 is 24.0 Å². The normalized spacial score (nSPS) is 12.1. The van der Waals surface area contributed by atoms with Gasteiger partial charge in [0.1, 0.15) is 0 Å². The zero-order chi connectivity index (χ0) is 18.2. The Hall–Kier alpha value is -0.870.